The van der Waals surface area contributed by atoms with Gasteiger partial charge in [-0.2, -0.15) is 0 Å². The van der Waals surface area contributed by atoms with Gasteiger partial charge in [-0.3, -0.25) is 4.79 Å². The first-order valence-corrected chi connectivity index (χ1v) is 8.07. The highest BCUT2D eigenvalue weighted by molar-refractivity contribution is 5.97. The summed E-state index contributed by atoms with van der Waals surface area (Å²) in [5.74, 6) is -0.113. The smallest absolute Gasteiger partial charge is 0.251 e. The second-order valence-electron chi connectivity index (χ2n) is 6.65. The number of carbonyl (C=O) groups excluding carboxylic acids is 1. The average molecular weight is 309 g/mol. The van der Waals surface area contributed by atoms with Gasteiger partial charge in [-0.25, -0.2) is 0 Å². The molecule has 3 rings (SSSR count). The van der Waals surface area contributed by atoms with Crippen LogP contribution in [0.1, 0.15) is 44.6 Å². The van der Waals surface area contributed by atoms with Crippen molar-refractivity contribution in [2.24, 2.45) is 0 Å². The van der Waals surface area contributed by atoms with Crippen LogP contribution in [0.3, 0.4) is 0 Å². The van der Waals surface area contributed by atoms with E-state index in [0.717, 1.165) is 28.7 Å². The molecule has 1 unspecified atom stereocenters. The van der Waals surface area contributed by atoms with Crippen LogP contribution in [-0.2, 0) is 12.0 Å². The Morgan fingerprint density at radius 2 is 1.83 bits per heavy atom. The molecule has 1 aliphatic rings. The summed E-state index contributed by atoms with van der Waals surface area (Å²) < 4.78 is 0. The lowest BCUT2D eigenvalue weighted by molar-refractivity contribution is 0.0369. The Morgan fingerprint density at radius 1 is 1.17 bits per heavy atom. The minimum atomic E-state index is -0.960. The minimum Gasteiger partial charge on any atom is -0.383 e. The summed E-state index contributed by atoms with van der Waals surface area (Å²) in [4.78, 5) is 12.6. The fourth-order valence-electron chi connectivity index (χ4n) is 3.71. The molecule has 0 aromatic heterocycles. The van der Waals surface area contributed by atoms with Crippen LogP contribution in [0.15, 0.2) is 36.4 Å². The van der Waals surface area contributed by atoms with E-state index in [9.17, 15) is 9.90 Å². The van der Waals surface area contributed by atoms with E-state index in [-0.39, 0.29) is 12.5 Å². The van der Waals surface area contributed by atoms with E-state index in [1.165, 1.54) is 5.56 Å². The Hall–Kier alpha value is -2.13. The summed E-state index contributed by atoms with van der Waals surface area (Å²) in [5, 5.41) is 13.8. The number of carbonyl (C=O) groups is 1. The van der Waals surface area contributed by atoms with Crippen LogP contribution >= 0.6 is 0 Å². The Balaban J connectivity index is 1.78. The molecule has 23 heavy (non-hydrogen) atoms. The zero-order chi connectivity index (χ0) is 16.6. The maximum Gasteiger partial charge on any atom is 0.251 e. The van der Waals surface area contributed by atoms with Crippen molar-refractivity contribution in [1.29, 1.82) is 0 Å². The van der Waals surface area contributed by atoms with Crippen LogP contribution < -0.4 is 5.32 Å². The first-order chi connectivity index (χ1) is 10.9. The number of aliphatic hydroxyl groups is 1. The second-order valence-corrected chi connectivity index (χ2v) is 6.65. The molecule has 1 amide bonds. The van der Waals surface area contributed by atoms with E-state index >= 15 is 0 Å². The van der Waals surface area contributed by atoms with E-state index in [0.29, 0.717) is 12.0 Å². The van der Waals surface area contributed by atoms with Gasteiger partial charge in [0.25, 0.3) is 5.91 Å². The van der Waals surface area contributed by atoms with Crippen molar-refractivity contribution in [3.05, 3.63) is 69.8 Å². The number of hydrogen-bond acceptors (Lipinski definition) is 2. The van der Waals surface area contributed by atoms with Gasteiger partial charge in [-0.1, -0.05) is 42.0 Å². The molecule has 0 spiro atoms. The molecule has 0 bridgehead atoms. The molecule has 0 saturated heterocycles. The fraction of sp³-hybridized carbons (Fsp3) is 0.350. The van der Waals surface area contributed by atoms with Gasteiger partial charge < -0.3 is 10.4 Å². The number of hydrogen-bond donors (Lipinski definition) is 2. The lowest BCUT2D eigenvalue weighted by Gasteiger charge is -2.25. The van der Waals surface area contributed by atoms with Crippen molar-refractivity contribution < 1.29 is 9.90 Å². The number of nitrogens with one attached hydrogen (secondary N) is 1. The maximum atomic E-state index is 12.6. The van der Waals surface area contributed by atoms with E-state index in [1.807, 2.05) is 57.2 Å². The summed E-state index contributed by atoms with van der Waals surface area (Å²) in [7, 11) is 0. The topological polar surface area (TPSA) is 49.3 Å². The van der Waals surface area contributed by atoms with Gasteiger partial charge in [0, 0.05) is 5.56 Å². The third kappa shape index (κ3) is 2.89. The van der Waals surface area contributed by atoms with Crippen LogP contribution in [0, 0.1) is 20.8 Å². The number of fused-ring (bicyclic) bond motifs is 1. The van der Waals surface area contributed by atoms with E-state index in [4.69, 9.17) is 0 Å². The van der Waals surface area contributed by atoms with Crippen LogP contribution in [0.2, 0.25) is 0 Å². The average Bonchev–Trinajstić information content (AvgIpc) is 2.83. The van der Waals surface area contributed by atoms with E-state index < -0.39 is 5.60 Å². The quantitative estimate of drug-likeness (QED) is 0.915. The van der Waals surface area contributed by atoms with Crippen LogP contribution in [0.4, 0.5) is 0 Å². The molecule has 1 aliphatic carbocycles. The third-order valence-corrected chi connectivity index (χ3v) is 4.77. The molecular formula is C20H23NO2. The second kappa shape index (κ2) is 5.82. The van der Waals surface area contributed by atoms with Crippen molar-refractivity contribution in [2.75, 3.05) is 6.54 Å². The van der Waals surface area contributed by atoms with Crippen LogP contribution in [0.5, 0.6) is 0 Å². The molecule has 3 nitrogen and oxygen atoms in total. The summed E-state index contributed by atoms with van der Waals surface area (Å²) in [5.41, 5.74) is 4.96. The maximum absolute atomic E-state index is 12.6. The Morgan fingerprint density at radius 3 is 2.52 bits per heavy atom. The highest BCUT2D eigenvalue weighted by Crippen LogP contribution is 2.36. The molecule has 2 N–H and O–H groups in total. The lowest BCUT2D eigenvalue weighted by atomic mass is 9.95. The van der Waals surface area contributed by atoms with Crippen LogP contribution in [-0.4, -0.2) is 17.6 Å². The lowest BCUT2D eigenvalue weighted by Crippen LogP contribution is -2.39. The van der Waals surface area contributed by atoms with Gasteiger partial charge >= 0.3 is 0 Å². The number of amides is 1. The summed E-state index contributed by atoms with van der Waals surface area (Å²) >= 11 is 0. The predicted molar refractivity (Wildman–Crippen MR) is 91.6 cm³/mol. The van der Waals surface area contributed by atoms with Gasteiger partial charge in [-0.15, -0.1) is 0 Å². The zero-order valence-electron chi connectivity index (χ0n) is 13.9. The number of benzene rings is 2. The molecule has 1 atom stereocenters. The van der Waals surface area contributed by atoms with Gasteiger partial charge in [0.05, 0.1) is 6.54 Å². The molecule has 0 radical (unpaired) electrons. The van der Waals surface area contributed by atoms with Gasteiger partial charge in [0.1, 0.15) is 5.60 Å². The van der Waals surface area contributed by atoms with E-state index in [2.05, 4.69) is 5.32 Å². The normalized spacial score (nSPS) is 19.5. The van der Waals surface area contributed by atoms with E-state index in [1.54, 1.807) is 0 Å². The van der Waals surface area contributed by atoms with Crippen molar-refractivity contribution >= 4 is 5.91 Å². The Labute approximate surface area is 137 Å². The summed E-state index contributed by atoms with van der Waals surface area (Å²) in [6.07, 6.45) is 1.50. The SMILES string of the molecule is Cc1cc(C)c(C(=O)NCC2(O)CCc3ccccc32)c(C)c1. The van der Waals surface area contributed by atoms with Crippen molar-refractivity contribution in [1.82, 2.24) is 5.32 Å². The van der Waals surface area contributed by atoms with Crippen molar-refractivity contribution in [3.63, 3.8) is 0 Å². The monoisotopic (exact) mass is 309 g/mol. The molecule has 2 aromatic carbocycles. The summed E-state index contributed by atoms with van der Waals surface area (Å²) in [6.45, 7) is 6.18. The first-order valence-electron chi connectivity index (χ1n) is 8.07. The zero-order valence-corrected chi connectivity index (χ0v) is 13.9. The first kappa shape index (κ1) is 15.8. The van der Waals surface area contributed by atoms with Crippen LogP contribution in [0.25, 0.3) is 0 Å². The summed E-state index contributed by atoms with van der Waals surface area (Å²) in [6, 6.07) is 12.0. The standard InChI is InChI=1S/C20H23NO2/c1-13-10-14(2)18(15(3)11-13)19(22)21-12-20(23)9-8-16-6-4-5-7-17(16)20/h4-7,10-11,23H,8-9,12H2,1-3H3,(H,21,22). The molecule has 0 heterocycles. The van der Waals surface area contributed by atoms with Gasteiger partial charge in [-0.05, 0) is 55.9 Å². The Bertz CT molecular complexity index is 743. The Kier molecular flexibility index (Phi) is 3.99. The fourth-order valence-corrected chi connectivity index (χ4v) is 3.71. The van der Waals surface area contributed by atoms with Crippen molar-refractivity contribution in [3.8, 4) is 0 Å². The molecular weight excluding hydrogens is 286 g/mol. The number of aryl methyl sites for hydroxylation is 4. The largest absolute Gasteiger partial charge is 0.383 e. The highest BCUT2D eigenvalue weighted by atomic mass is 16.3. The molecule has 2 aromatic rings. The predicted octanol–water partition coefficient (Wildman–Crippen LogP) is 3.18. The third-order valence-electron chi connectivity index (χ3n) is 4.77. The molecule has 0 aliphatic heterocycles. The minimum absolute atomic E-state index is 0.113. The highest BCUT2D eigenvalue weighted by Gasteiger charge is 2.36. The molecule has 0 saturated carbocycles. The van der Waals surface area contributed by atoms with Gasteiger partial charge in [0.15, 0.2) is 0 Å². The van der Waals surface area contributed by atoms with Gasteiger partial charge in [0.2, 0.25) is 0 Å². The molecule has 3 heteroatoms. The molecule has 120 valence electrons. The number of rotatable bonds is 3. The van der Waals surface area contributed by atoms with Crippen molar-refractivity contribution in [2.45, 2.75) is 39.2 Å². The molecule has 0 fully saturated rings.